The lowest BCUT2D eigenvalue weighted by Gasteiger charge is -2.24. The van der Waals surface area contributed by atoms with E-state index in [-0.39, 0.29) is 12.2 Å². The molecule has 4 rings (SSSR count). The summed E-state index contributed by atoms with van der Waals surface area (Å²) in [6, 6.07) is 5.91. The molecule has 1 aliphatic rings. The Bertz CT molecular complexity index is 1170. The Kier molecular flexibility index (Phi) is 4.76. The molecular weight excluding hydrogens is 404 g/mol. The van der Waals surface area contributed by atoms with Crippen molar-refractivity contribution in [1.82, 2.24) is 9.78 Å². The first-order chi connectivity index (χ1) is 14.3. The second-order valence-corrected chi connectivity index (χ2v) is 6.75. The maximum atomic E-state index is 13.9. The molecule has 3 aromatic rings. The van der Waals surface area contributed by atoms with Crippen LogP contribution in [-0.2, 0) is 9.59 Å². The third-order valence-electron chi connectivity index (χ3n) is 4.79. The molecule has 2 N–H and O–H groups in total. The van der Waals surface area contributed by atoms with Crippen molar-refractivity contribution in [3.8, 4) is 11.3 Å². The lowest BCUT2D eigenvalue weighted by atomic mass is 10.1. The van der Waals surface area contributed by atoms with Crippen LogP contribution in [0.2, 0.25) is 0 Å². The van der Waals surface area contributed by atoms with Gasteiger partial charge in [-0.25, -0.2) is 22.2 Å². The van der Waals surface area contributed by atoms with Gasteiger partial charge in [-0.2, -0.15) is 5.10 Å². The highest BCUT2D eigenvalue weighted by atomic mass is 19.2. The van der Waals surface area contributed by atoms with E-state index in [4.69, 9.17) is 0 Å². The van der Waals surface area contributed by atoms with Gasteiger partial charge in [-0.05, 0) is 43.3 Å². The van der Waals surface area contributed by atoms with Gasteiger partial charge in [0.15, 0.2) is 17.5 Å². The molecule has 6 nitrogen and oxygen atoms in total. The van der Waals surface area contributed by atoms with Crippen molar-refractivity contribution in [2.45, 2.75) is 19.4 Å². The average molecular weight is 418 g/mol. The first-order valence-electron chi connectivity index (χ1n) is 8.85. The monoisotopic (exact) mass is 418 g/mol. The normalized spacial score (nSPS) is 15.5. The van der Waals surface area contributed by atoms with Crippen LogP contribution in [0.15, 0.2) is 36.4 Å². The molecule has 154 valence electrons. The van der Waals surface area contributed by atoms with Gasteiger partial charge >= 0.3 is 0 Å². The summed E-state index contributed by atoms with van der Waals surface area (Å²) in [5.74, 6) is -6.13. The summed E-state index contributed by atoms with van der Waals surface area (Å²) in [6.07, 6.45) is -0.298. The first-order valence-corrected chi connectivity index (χ1v) is 8.85. The SMILES string of the molecule is Cc1c(-c2ccc(F)cc2)nn2c1NC(=O)C[C@H]2C(=O)Nc1ccc(F)c(F)c1F. The molecule has 0 fully saturated rings. The Morgan fingerprint density at radius 1 is 1.10 bits per heavy atom. The Morgan fingerprint density at radius 2 is 1.80 bits per heavy atom. The van der Waals surface area contributed by atoms with Crippen molar-refractivity contribution in [3.05, 3.63) is 65.2 Å². The maximum Gasteiger partial charge on any atom is 0.249 e. The minimum absolute atomic E-state index is 0.261. The fourth-order valence-corrected chi connectivity index (χ4v) is 3.26. The van der Waals surface area contributed by atoms with E-state index in [9.17, 15) is 27.2 Å². The van der Waals surface area contributed by atoms with E-state index in [0.29, 0.717) is 22.9 Å². The lowest BCUT2D eigenvalue weighted by Crippen LogP contribution is -2.36. The number of rotatable bonds is 3. The molecule has 2 heterocycles. The molecule has 0 unspecified atom stereocenters. The number of nitrogens with zero attached hydrogens (tertiary/aromatic N) is 2. The second-order valence-electron chi connectivity index (χ2n) is 6.75. The molecule has 30 heavy (non-hydrogen) atoms. The number of hydrogen-bond donors (Lipinski definition) is 2. The quantitative estimate of drug-likeness (QED) is 0.500. The second kappa shape index (κ2) is 7.29. The first kappa shape index (κ1) is 19.6. The van der Waals surface area contributed by atoms with Gasteiger partial charge in [0.25, 0.3) is 0 Å². The molecule has 0 radical (unpaired) electrons. The summed E-state index contributed by atoms with van der Waals surface area (Å²) in [7, 11) is 0. The molecule has 10 heteroatoms. The molecule has 0 bridgehead atoms. The van der Waals surface area contributed by atoms with Crippen molar-refractivity contribution in [2.75, 3.05) is 10.6 Å². The van der Waals surface area contributed by atoms with Gasteiger partial charge in [0.1, 0.15) is 17.7 Å². The van der Waals surface area contributed by atoms with Crippen LogP contribution < -0.4 is 10.6 Å². The zero-order valence-corrected chi connectivity index (χ0v) is 15.5. The molecule has 2 amide bonds. The van der Waals surface area contributed by atoms with Gasteiger partial charge in [-0.1, -0.05) is 0 Å². The van der Waals surface area contributed by atoms with Crippen molar-refractivity contribution in [3.63, 3.8) is 0 Å². The summed E-state index contributed by atoms with van der Waals surface area (Å²) < 4.78 is 55.0. The highest BCUT2D eigenvalue weighted by Crippen LogP contribution is 2.34. The molecule has 0 spiro atoms. The minimum atomic E-state index is -1.72. The average Bonchev–Trinajstić information content (AvgIpc) is 3.05. The van der Waals surface area contributed by atoms with Crippen molar-refractivity contribution in [1.29, 1.82) is 0 Å². The van der Waals surface area contributed by atoms with E-state index in [1.165, 1.54) is 28.9 Å². The predicted octanol–water partition coefficient (Wildman–Crippen LogP) is 3.94. The van der Waals surface area contributed by atoms with E-state index in [1.807, 2.05) is 0 Å². The van der Waals surface area contributed by atoms with Crippen LogP contribution >= 0.6 is 0 Å². The van der Waals surface area contributed by atoms with Crippen molar-refractivity contribution in [2.24, 2.45) is 0 Å². The van der Waals surface area contributed by atoms with Gasteiger partial charge in [-0.3, -0.25) is 9.59 Å². The number of carbonyl (C=O) groups excluding carboxylic acids is 2. The number of benzene rings is 2. The standard InChI is InChI=1S/C20H14F4N4O2/c1-9-18(10-2-4-11(21)5-3-10)27-28-14(8-15(29)26-19(9)28)20(30)25-13-7-6-12(22)16(23)17(13)24/h2-7,14H,8H2,1H3,(H,25,30)(H,26,29)/t14-/m0/s1. The zero-order chi connectivity index (χ0) is 21.6. The summed E-state index contributed by atoms with van der Waals surface area (Å²) >= 11 is 0. The third-order valence-corrected chi connectivity index (χ3v) is 4.79. The minimum Gasteiger partial charge on any atom is -0.322 e. The molecule has 1 atom stereocenters. The molecule has 2 aromatic carbocycles. The van der Waals surface area contributed by atoms with Crippen LogP contribution in [0.25, 0.3) is 11.3 Å². The highest BCUT2D eigenvalue weighted by Gasteiger charge is 2.34. The largest absolute Gasteiger partial charge is 0.322 e. The van der Waals surface area contributed by atoms with E-state index < -0.39 is 46.8 Å². The predicted molar refractivity (Wildman–Crippen MR) is 99.6 cm³/mol. The summed E-state index contributed by atoms with van der Waals surface area (Å²) in [6.45, 7) is 1.67. The van der Waals surface area contributed by atoms with E-state index in [1.54, 1.807) is 6.92 Å². The summed E-state index contributed by atoms with van der Waals surface area (Å²) in [5.41, 5.74) is 0.973. The Labute approximate surface area is 167 Å². The molecule has 1 aliphatic heterocycles. The Morgan fingerprint density at radius 3 is 2.50 bits per heavy atom. The maximum absolute atomic E-state index is 13.9. The molecule has 1 aromatic heterocycles. The van der Waals surface area contributed by atoms with E-state index in [2.05, 4.69) is 15.7 Å². The van der Waals surface area contributed by atoms with Crippen LogP contribution in [0.1, 0.15) is 18.0 Å². The molecular formula is C20H14F4N4O2. The molecule has 0 saturated heterocycles. The lowest BCUT2D eigenvalue weighted by molar-refractivity contribution is -0.125. The van der Waals surface area contributed by atoms with Gasteiger partial charge in [0, 0.05) is 11.1 Å². The summed E-state index contributed by atoms with van der Waals surface area (Å²) in [5, 5.41) is 9.18. The number of halogens is 4. The van der Waals surface area contributed by atoms with Crippen molar-refractivity contribution < 1.29 is 27.2 Å². The topological polar surface area (TPSA) is 76.0 Å². The third kappa shape index (κ3) is 3.30. The van der Waals surface area contributed by atoms with Gasteiger partial charge in [0.2, 0.25) is 11.8 Å². The van der Waals surface area contributed by atoms with Gasteiger partial charge in [0.05, 0.1) is 17.8 Å². The van der Waals surface area contributed by atoms with Crippen LogP contribution in [0.3, 0.4) is 0 Å². The number of fused-ring (bicyclic) bond motifs is 1. The molecule has 0 aliphatic carbocycles. The van der Waals surface area contributed by atoms with Crippen LogP contribution in [0.4, 0.5) is 29.1 Å². The number of nitrogens with one attached hydrogen (secondary N) is 2. The van der Waals surface area contributed by atoms with E-state index in [0.717, 1.165) is 6.07 Å². The fraction of sp³-hybridized carbons (Fsp3) is 0.150. The number of carbonyl (C=O) groups is 2. The Balaban J connectivity index is 1.70. The van der Waals surface area contributed by atoms with Crippen LogP contribution in [0.5, 0.6) is 0 Å². The number of aromatic nitrogens is 2. The smallest absolute Gasteiger partial charge is 0.249 e. The zero-order valence-electron chi connectivity index (χ0n) is 15.5. The fourth-order valence-electron chi connectivity index (χ4n) is 3.26. The summed E-state index contributed by atoms with van der Waals surface area (Å²) in [4.78, 5) is 24.9. The number of amides is 2. The Hall–Kier alpha value is -3.69. The number of anilines is 2. The van der Waals surface area contributed by atoms with Crippen molar-refractivity contribution >= 4 is 23.3 Å². The van der Waals surface area contributed by atoms with Crippen LogP contribution in [-0.4, -0.2) is 21.6 Å². The highest BCUT2D eigenvalue weighted by molar-refractivity contribution is 6.02. The number of hydrogen-bond acceptors (Lipinski definition) is 3. The van der Waals surface area contributed by atoms with Crippen LogP contribution in [0, 0.1) is 30.2 Å². The van der Waals surface area contributed by atoms with Gasteiger partial charge < -0.3 is 10.6 Å². The van der Waals surface area contributed by atoms with E-state index >= 15 is 0 Å². The van der Waals surface area contributed by atoms with Gasteiger partial charge in [-0.15, -0.1) is 0 Å². The molecule has 0 saturated carbocycles.